The molecule has 0 saturated heterocycles. The highest BCUT2D eigenvalue weighted by atomic mass is 35.5. The Morgan fingerprint density at radius 3 is 3.05 bits per heavy atom. The van der Waals surface area contributed by atoms with Gasteiger partial charge >= 0.3 is 0 Å². The molecule has 0 aliphatic rings. The Morgan fingerprint density at radius 2 is 2.40 bits per heavy atom. The Hall–Kier alpha value is -1.79. The van der Waals surface area contributed by atoms with Crippen molar-refractivity contribution in [3.05, 3.63) is 34.2 Å². The number of hydrogen-bond acceptors (Lipinski definition) is 6. The van der Waals surface area contributed by atoms with E-state index in [0.717, 1.165) is 12.0 Å². The fourth-order valence-corrected chi connectivity index (χ4v) is 2.22. The molecule has 0 bridgehead atoms. The van der Waals surface area contributed by atoms with Crippen molar-refractivity contribution in [1.82, 2.24) is 4.98 Å². The summed E-state index contributed by atoms with van der Waals surface area (Å²) in [5, 5.41) is 7.04. The predicted octanol–water partition coefficient (Wildman–Crippen LogP) is 3.61. The van der Waals surface area contributed by atoms with E-state index in [0.29, 0.717) is 28.3 Å². The zero-order chi connectivity index (χ0) is 14.4. The van der Waals surface area contributed by atoms with Gasteiger partial charge in [-0.3, -0.25) is 5.43 Å². The summed E-state index contributed by atoms with van der Waals surface area (Å²) in [7, 11) is 0. The second-order valence-corrected chi connectivity index (χ2v) is 5.25. The Morgan fingerprint density at radius 1 is 1.55 bits per heavy atom. The van der Waals surface area contributed by atoms with Crippen LogP contribution < -0.4 is 15.9 Å². The summed E-state index contributed by atoms with van der Waals surface area (Å²) in [5.41, 5.74) is 9.19. The molecule has 1 aromatic carbocycles. The van der Waals surface area contributed by atoms with Gasteiger partial charge in [-0.05, 0) is 30.2 Å². The van der Waals surface area contributed by atoms with E-state index < -0.39 is 0 Å². The average molecular weight is 311 g/mol. The first kappa shape index (κ1) is 14.6. The van der Waals surface area contributed by atoms with Gasteiger partial charge in [0.25, 0.3) is 0 Å². The maximum Gasteiger partial charge on any atom is 0.205 e. The Kier molecular flexibility index (Phi) is 5.20. The zero-order valence-electron chi connectivity index (χ0n) is 11.0. The highest BCUT2D eigenvalue weighted by Crippen LogP contribution is 2.25. The minimum Gasteiger partial charge on any atom is -0.492 e. The number of halogens is 1. The number of hydrogen-bond donors (Lipinski definition) is 2. The molecular formula is C13H15ClN4OS. The fraction of sp³-hybridized carbons (Fsp3) is 0.231. The fourth-order valence-electron chi connectivity index (χ4n) is 1.43. The molecule has 0 aliphatic heterocycles. The largest absolute Gasteiger partial charge is 0.492 e. The minimum absolute atomic E-state index is 0.480. The van der Waals surface area contributed by atoms with Crippen molar-refractivity contribution < 1.29 is 4.74 Å². The molecule has 0 amide bonds. The Balaban J connectivity index is 1.97. The maximum atomic E-state index is 6.13. The molecule has 0 atom stereocenters. The van der Waals surface area contributed by atoms with E-state index in [9.17, 15) is 0 Å². The Labute approximate surface area is 126 Å². The highest BCUT2D eigenvalue weighted by Gasteiger charge is 2.02. The van der Waals surface area contributed by atoms with Crippen LogP contribution in [0.5, 0.6) is 5.75 Å². The molecule has 2 aromatic rings. The molecule has 20 heavy (non-hydrogen) atoms. The lowest BCUT2D eigenvalue weighted by atomic mass is 10.2. The van der Waals surface area contributed by atoms with Crippen LogP contribution in [-0.4, -0.2) is 17.8 Å². The van der Waals surface area contributed by atoms with Crippen LogP contribution in [0.4, 0.5) is 10.9 Å². The molecule has 0 fully saturated rings. The molecule has 2 rings (SSSR count). The molecule has 0 aliphatic carbocycles. The van der Waals surface area contributed by atoms with Crippen molar-refractivity contribution in [1.29, 1.82) is 0 Å². The molecule has 0 unspecified atom stereocenters. The van der Waals surface area contributed by atoms with Crippen molar-refractivity contribution in [3.8, 4) is 5.75 Å². The van der Waals surface area contributed by atoms with E-state index in [4.69, 9.17) is 22.1 Å². The number of hydrazone groups is 1. The number of thiazole rings is 1. The Bertz CT molecular complexity index is 600. The number of nitrogen functional groups attached to an aromatic ring is 1. The number of ether oxygens (including phenoxy) is 1. The lowest BCUT2D eigenvalue weighted by Gasteiger charge is -2.06. The van der Waals surface area contributed by atoms with Crippen LogP contribution in [0.2, 0.25) is 5.02 Å². The van der Waals surface area contributed by atoms with Crippen molar-refractivity contribution >= 4 is 40.1 Å². The molecule has 106 valence electrons. The highest BCUT2D eigenvalue weighted by molar-refractivity contribution is 7.14. The molecule has 5 nitrogen and oxygen atoms in total. The third kappa shape index (κ3) is 4.11. The van der Waals surface area contributed by atoms with Gasteiger partial charge in [0.15, 0.2) is 0 Å². The first-order chi connectivity index (χ1) is 9.69. The maximum absolute atomic E-state index is 6.13. The summed E-state index contributed by atoms with van der Waals surface area (Å²) in [4.78, 5) is 4.03. The van der Waals surface area contributed by atoms with Gasteiger partial charge in [0, 0.05) is 5.38 Å². The van der Waals surface area contributed by atoms with Gasteiger partial charge in [-0.25, -0.2) is 4.98 Å². The molecule has 3 N–H and O–H groups in total. The van der Waals surface area contributed by atoms with Crippen LogP contribution in [0.1, 0.15) is 18.9 Å². The van der Waals surface area contributed by atoms with Crippen LogP contribution in [0.3, 0.4) is 0 Å². The first-order valence-corrected chi connectivity index (χ1v) is 7.37. The van der Waals surface area contributed by atoms with E-state index in [-0.39, 0.29) is 0 Å². The van der Waals surface area contributed by atoms with Gasteiger partial charge in [0.05, 0.1) is 17.8 Å². The zero-order valence-corrected chi connectivity index (χ0v) is 12.5. The molecule has 0 radical (unpaired) electrons. The van der Waals surface area contributed by atoms with Crippen LogP contribution in [0, 0.1) is 0 Å². The summed E-state index contributed by atoms with van der Waals surface area (Å²) in [6.45, 7) is 2.70. The van der Waals surface area contributed by atoms with E-state index >= 15 is 0 Å². The van der Waals surface area contributed by atoms with E-state index in [1.807, 2.05) is 19.1 Å². The summed E-state index contributed by atoms with van der Waals surface area (Å²) in [6, 6.07) is 5.52. The van der Waals surface area contributed by atoms with Gasteiger partial charge in [-0.1, -0.05) is 18.5 Å². The molecule has 0 spiro atoms. The van der Waals surface area contributed by atoms with Crippen molar-refractivity contribution in [2.75, 3.05) is 17.8 Å². The molecule has 7 heteroatoms. The van der Waals surface area contributed by atoms with Gasteiger partial charge in [-0.15, -0.1) is 11.3 Å². The summed E-state index contributed by atoms with van der Waals surface area (Å²) < 4.78 is 5.50. The standard InChI is InChI=1S/C13H15ClN4OS/c1-2-5-19-11-4-3-9(6-10(11)14)7-16-18-13-17-12(15)8-20-13/h3-4,6-8H,2,5,15H2,1H3,(H,17,18). The second kappa shape index (κ2) is 7.12. The lowest BCUT2D eigenvalue weighted by molar-refractivity contribution is 0.317. The van der Waals surface area contributed by atoms with E-state index in [2.05, 4.69) is 15.5 Å². The third-order valence-corrected chi connectivity index (χ3v) is 3.37. The number of nitrogens with one attached hydrogen (secondary N) is 1. The molecule has 0 saturated carbocycles. The van der Waals surface area contributed by atoms with Crippen molar-refractivity contribution in [3.63, 3.8) is 0 Å². The number of benzene rings is 1. The average Bonchev–Trinajstić information content (AvgIpc) is 2.84. The van der Waals surface area contributed by atoms with E-state index in [1.54, 1.807) is 17.7 Å². The predicted molar refractivity (Wildman–Crippen MR) is 85.0 cm³/mol. The third-order valence-electron chi connectivity index (χ3n) is 2.31. The number of nitrogens with two attached hydrogens (primary N) is 1. The smallest absolute Gasteiger partial charge is 0.205 e. The van der Waals surface area contributed by atoms with Gasteiger partial charge in [-0.2, -0.15) is 5.10 Å². The molecular weight excluding hydrogens is 296 g/mol. The van der Waals surface area contributed by atoms with Crippen LogP contribution in [-0.2, 0) is 0 Å². The summed E-state index contributed by atoms with van der Waals surface area (Å²) in [6.07, 6.45) is 2.60. The SMILES string of the molecule is CCCOc1ccc(C=NNc2nc(N)cs2)cc1Cl. The van der Waals surface area contributed by atoms with Gasteiger partial charge < -0.3 is 10.5 Å². The monoisotopic (exact) mass is 310 g/mol. The topological polar surface area (TPSA) is 72.5 Å². The first-order valence-electron chi connectivity index (χ1n) is 6.11. The molecule has 1 heterocycles. The van der Waals surface area contributed by atoms with Crippen LogP contribution in [0.25, 0.3) is 0 Å². The van der Waals surface area contributed by atoms with Gasteiger partial charge in [0.1, 0.15) is 11.6 Å². The van der Waals surface area contributed by atoms with Crippen LogP contribution >= 0.6 is 22.9 Å². The molecule has 1 aromatic heterocycles. The lowest BCUT2D eigenvalue weighted by Crippen LogP contribution is -1.96. The summed E-state index contributed by atoms with van der Waals surface area (Å²) >= 11 is 7.52. The summed E-state index contributed by atoms with van der Waals surface area (Å²) in [5.74, 6) is 1.17. The second-order valence-electron chi connectivity index (χ2n) is 3.99. The quantitative estimate of drug-likeness (QED) is 0.631. The van der Waals surface area contributed by atoms with E-state index in [1.165, 1.54) is 11.3 Å². The van der Waals surface area contributed by atoms with Crippen LogP contribution in [0.15, 0.2) is 28.7 Å². The number of aromatic nitrogens is 1. The van der Waals surface area contributed by atoms with Gasteiger partial charge in [0.2, 0.25) is 5.13 Å². The minimum atomic E-state index is 0.480. The number of nitrogens with zero attached hydrogens (tertiary/aromatic N) is 2. The number of rotatable bonds is 6. The normalized spacial score (nSPS) is 10.9. The number of anilines is 2. The van der Waals surface area contributed by atoms with Crippen molar-refractivity contribution in [2.24, 2.45) is 5.10 Å². The van der Waals surface area contributed by atoms with Crippen molar-refractivity contribution in [2.45, 2.75) is 13.3 Å².